The third kappa shape index (κ3) is 4.38. The fourth-order valence-corrected chi connectivity index (χ4v) is 2.24. The number of carbonyl (C=O) groups excluding carboxylic acids is 1. The van der Waals surface area contributed by atoms with Gasteiger partial charge in [-0.3, -0.25) is 4.98 Å². The molecule has 0 aliphatic carbocycles. The van der Waals surface area contributed by atoms with E-state index in [9.17, 15) is 9.90 Å². The van der Waals surface area contributed by atoms with Gasteiger partial charge in [0.2, 0.25) is 0 Å². The first kappa shape index (κ1) is 17.6. The van der Waals surface area contributed by atoms with E-state index in [1.54, 1.807) is 37.7 Å². The molecule has 0 radical (unpaired) electrons. The number of benzene rings is 1. The monoisotopic (exact) mass is 329 g/mol. The van der Waals surface area contributed by atoms with Crippen LogP contribution in [0.3, 0.4) is 0 Å². The first-order valence-corrected chi connectivity index (χ1v) is 7.66. The van der Waals surface area contributed by atoms with Gasteiger partial charge in [0, 0.05) is 30.6 Å². The van der Waals surface area contributed by atoms with E-state index in [2.05, 4.69) is 15.6 Å². The van der Waals surface area contributed by atoms with Crippen molar-refractivity contribution in [3.63, 3.8) is 0 Å². The van der Waals surface area contributed by atoms with Crippen LogP contribution in [0.1, 0.15) is 31.9 Å². The van der Waals surface area contributed by atoms with E-state index in [1.807, 2.05) is 26.8 Å². The average Bonchev–Trinajstić information content (AvgIpc) is 2.54. The highest BCUT2D eigenvalue weighted by molar-refractivity contribution is 5.91. The van der Waals surface area contributed by atoms with Gasteiger partial charge in [0.1, 0.15) is 11.5 Å². The first-order valence-electron chi connectivity index (χ1n) is 7.66. The van der Waals surface area contributed by atoms with E-state index < -0.39 is 6.03 Å². The summed E-state index contributed by atoms with van der Waals surface area (Å²) >= 11 is 0. The van der Waals surface area contributed by atoms with Crippen LogP contribution in [0.5, 0.6) is 11.5 Å². The van der Waals surface area contributed by atoms with Gasteiger partial charge in [-0.15, -0.1) is 0 Å². The summed E-state index contributed by atoms with van der Waals surface area (Å²) in [6, 6.07) is 6.62. The summed E-state index contributed by atoms with van der Waals surface area (Å²) in [6.07, 6.45) is 3.35. The Balaban J connectivity index is 2.15. The number of carbonyl (C=O) groups is 1. The highest BCUT2D eigenvalue weighted by atomic mass is 16.5. The zero-order valence-electron chi connectivity index (χ0n) is 14.4. The van der Waals surface area contributed by atoms with Crippen molar-refractivity contribution in [2.75, 3.05) is 12.4 Å². The van der Waals surface area contributed by atoms with Gasteiger partial charge in [0.05, 0.1) is 12.8 Å². The van der Waals surface area contributed by atoms with Crippen LogP contribution < -0.4 is 15.4 Å². The van der Waals surface area contributed by atoms with E-state index in [1.165, 1.54) is 0 Å². The van der Waals surface area contributed by atoms with Crippen LogP contribution in [-0.2, 0) is 12.0 Å². The summed E-state index contributed by atoms with van der Waals surface area (Å²) in [5.74, 6) is 0.611. The molecule has 0 aliphatic heterocycles. The second-order valence-corrected chi connectivity index (χ2v) is 6.49. The molecule has 2 amide bonds. The number of pyridine rings is 1. The number of phenols is 1. The highest BCUT2D eigenvalue weighted by Crippen LogP contribution is 2.39. The lowest BCUT2D eigenvalue weighted by atomic mass is 9.86. The summed E-state index contributed by atoms with van der Waals surface area (Å²) < 4.78 is 5.27. The summed E-state index contributed by atoms with van der Waals surface area (Å²) in [5, 5.41) is 15.9. The molecule has 1 aromatic heterocycles. The van der Waals surface area contributed by atoms with Gasteiger partial charge in [0.15, 0.2) is 0 Å². The van der Waals surface area contributed by atoms with Gasteiger partial charge in [-0.1, -0.05) is 26.8 Å². The number of ether oxygens (including phenoxy) is 1. The molecule has 0 saturated carbocycles. The second kappa shape index (κ2) is 7.21. The van der Waals surface area contributed by atoms with Crippen LogP contribution >= 0.6 is 0 Å². The van der Waals surface area contributed by atoms with Crippen molar-refractivity contribution in [1.82, 2.24) is 10.3 Å². The Morgan fingerprint density at radius 3 is 2.67 bits per heavy atom. The third-order valence-electron chi connectivity index (χ3n) is 3.55. The molecule has 0 aliphatic rings. The van der Waals surface area contributed by atoms with Crippen LogP contribution in [0.4, 0.5) is 10.5 Å². The van der Waals surface area contributed by atoms with Crippen LogP contribution in [-0.4, -0.2) is 23.2 Å². The number of hydrogen-bond acceptors (Lipinski definition) is 4. The lowest BCUT2D eigenvalue weighted by Gasteiger charge is -2.23. The van der Waals surface area contributed by atoms with E-state index in [0.717, 1.165) is 5.56 Å². The number of nitrogens with one attached hydrogen (secondary N) is 2. The quantitative estimate of drug-likeness (QED) is 0.751. The van der Waals surface area contributed by atoms with Crippen LogP contribution in [0.2, 0.25) is 0 Å². The van der Waals surface area contributed by atoms with Crippen molar-refractivity contribution < 1.29 is 14.6 Å². The molecule has 2 aromatic rings. The Bertz CT molecular complexity index is 709. The van der Waals surface area contributed by atoms with Crippen LogP contribution in [0.15, 0.2) is 36.7 Å². The molecule has 0 bridgehead atoms. The Morgan fingerprint density at radius 1 is 1.33 bits per heavy atom. The lowest BCUT2D eigenvalue weighted by Crippen LogP contribution is -2.28. The number of aromatic nitrogens is 1. The molecule has 0 atom stereocenters. The molecule has 6 heteroatoms. The van der Waals surface area contributed by atoms with Crippen molar-refractivity contribution in [2.45, 2.75) is 32.7 Å². The minimum atomic E-state index is -0.415. The van der Waals surface area contributed by atoms with Crippen molar-refractivity contribution in [2.24, 2.45) is 0 Å². The number of anilines is 1. The van der Waals surface area contributed by atoms with Gasteiger partial charge in [-0.2, -0.15) is 0 Å². The molecule has 0 fully saturated rings. The van der Waals surface area contributed by atoms with Crippen molar-refractivity contribution >= 4 is 11.7 Å². The average molecular weight is 329 g/mol. The molecule has 1 aromatic carbocycles. The molecule has 128 valence electrons. The smallest absolute Gasteiger partial charge is 0.319 e. The number of amides is 2. The lowest BCUT2D eigenvalue weighted by molar-refractivity contribution is 0.251. The van der Waals surface area contributed by atoms with E-state index >= 15 is 0 Å². The molecular weight excluding hydrogens is 306 g/mol. The predicted octanol–water partition coefficient (Wildman–Crippen LogP) is 3.42. The Hall–Kier alpha value is -2.76. The molecule has 0 unspecified atom stereocenters. The fourth-order valence-electron chi connectivity index (χ4n) is 2.24. The molecule has 1 heterocycles. The van der Waals surface area contributed by atoms with Crippen molar-refractivity contribution in [1.29, 1.82) is 0 Å². The van der Waals surface area contributed by atoms with Crippen molar-refractivity contribution in [3.8, 4) is 11.5 Å². The zero-order chi connectivity index (χ0) is 17.7. The number of aromatic hydroxyl groups is 1. The van der Waals surface area contributed by atoms with Crippen LogP contribution in [0, 0.1) is 0 Å². The van der Waals surface area contributed by atoms with Crippen LogP contribution in [0.25, 0.3) is 0 Å². The molecule has 0 saturated heterocycles. The van der Waals surface area contributed by atoms with E-state index in [-0.39, 0.29) is 11.2 Å². The number of phenolic OH excluding ortho intramolecular Hbond substituents is 1. The summed E-state index contributed by atoms with van der Waals surface area (Å²) in [6.45, 7) is 6.28. The van der Waals surface area contributed by atoms with E-state index in [0.29, 0.717) is 23.5 Å². The Kier molecular flexibility index (Phi) is 5.28. The maximum absolute atomic E-state index is 12.1. The maximum atomic E-state index is 12.1. The van der Waals surface area contributed by atoms with Crippen molar-refractivity contribution in [3.05, 3.63) is 47.8 Å². The first-order chi connectivity index (χ1) is 11.3. The summed E-state index contributed by atoms with van der Waals surface area (Å²) in [4.78, 5) is 16.1. The molecular formula is C18H23N3O3. The zero-order valence-corrected chi connectivity index (χ0v) is 14.4. The number of urea groups is 1. The number of methoxy groups -OCH3 is 1. The standard InChI is InChI=1S/C18H23N3O3/c1-18(2,3)14-8-13(24-4)9-15(16(14)22)21-17(23)20-11-12-6-5-7-19-10-12/h5-10,22H,11H2,1-4H3,(H2,20,21,23). The summed E-state index contributed by atoms with van der Waals surface area (Å²) in [5.41, 5.74) is 1.60. The largest absolute Gasteiger partial charge is 0.505 e. The molecule has 3 N–H and O–H groups in total. The third-order valence-corrected chi connectivity index (χ3v) is 3.55. The van der Waals surface area contributed by atoms with Gasteiger partial charge in [-0.05, 0) is 23.1 Å². The van der Waals surface area contributed by atoms with Gasteiger partial charge < -0.3 is 20.5 Å². The SMILES string of the molecule is COc1cc(NC(=O)NCc2cccnc2)c(O)c(C(C)(C)C)c1. The Morgan fingerprint density at radius 2 is 2.08 bits per heavy atom. The molecule has 0 spiro atoms. The molecule has 2 rings (SSSR count). The number of rotatable bonds is 4. The number of hydrogen-bond donors (Lipinski definition) is 3. The molecule has 6 nitrogen and oxygen atoms in total. The topological polar surface area (TPSA) is 83.5 Å². The Labute approximate surface area is 141 Å². The highest BCUT2D eigenvalue weighted by Gasteiger charge is 2.22. The predicted molar refractivity (Wildman–Crippen MR) is 93.5 cm³/mol. The normalized spacial score (nSPS) is 11.0. The van der Waals surface area contributed by atoms with E-state index in [4.69, 9.17) is 4.74 Å². The fraction of sp³-hybridized carbons (Fsp3) is 0.333. The minimum Gasteiger partial charge on any atom is -0.505 e. The maximum Gasteiger partial charge on any atom is 0.319 e. The molecule has 24 heavy (non-hydrogen) atoms. The minimum absolute atomic E-state index is 0.0415. The second-order valence-electron chi connectivity index (χ2n) is 6.49. The van der Waals surface area contributed by atoms with Gasteiger partial charge in [-0.25, -0.2) is 4.79 Å². The number of nitrogens with zero attached hydrogens (tertiary/aromatic N) is 1. The van der Waals surface area contributed by atoms with Gasteiger partial charge in [0.25, 0.3) is 0 Å². The van der Waals surface area contributed by atoms with Gasteiger partial charge >= 0.3 is 6.03 Å². The summed E-state index contributed by atoms with van der Waals surface area (Å²) in [7, 11) is 1.55.